The number of nitrogens with one attached hydrogen (secondary N) is 2. The highest BCUT2D eigenvalue weighted by molar-refractivity contribution is 5.78. The molecule has 5 nitrogen and oxygen atoms in total. The van der Waals surface area contributed by atoms with E-state index in [1.807, 2.05) is 13.8 Å². The molecule has 1 aromatic heterocycles. The summed E-state index contributed by atoms with van der Waals surface area (Å²) >= 11 is 0. The second kappa shape index (κ2) is 5.50. The van der Waals surface area contributed by atoms with Gasteiger partial charge in [-0.25, -0.2) is 4.98 Å². The average molecular weight is 210 g/mol. The molecule has 0 aliphatic rings. The summed E-state index contributed by atoms with van der Waals surface area (Å²) in [5.41, 5.74) is 5.39. The van der Waals surface area contributed by atoms with E-state index in [1.165, 1.54) is 0 Å². The molecule has 0 fully saturated rings. The van der Waals surface area contributed by atoms with Gasteiger partial charge in [0.2, 0.25) is 5.91 Å². The van der Waals surface area contributed by atoms with Crippen molar-refractivity contribution in [1.82, 2.24) is 15.3 Å². The minimum absolute atomic E-state index is 0.0179. The SMILES string of the molecule is CC(CCN)C(=O)NC(C)c1ncc[nH]1. The number of hydrogen-bond donors (Lipinski definition) is 3. The van der Waals surface area contributed by atoms with Crippen LogP contribution >= 0.6 is 0 Å². The number of nitrogens with two attached hydrogens (primary N) is 1. The van der Waals surface area contributed by atoms with Crippen LogP contribution in [0.25, 0.3) is 0 Å². The maximum absolute atomic E-state index is 11.6. The van der Waals surface area contributed by atoms with Crippen LogP contribution in [0, 0.1) is 5.92 Å². The molecule has 5 heteroatoms. The summed E-state index contributed by atoms with van der Waals surface area (Å²) in [5, 5.41) is 2.88. The predicted octanol–water partition coefficient (Wildman–Crippen LogP) is 0.572. The Balaban J connectivity index is 2.44. The van der Waals surface area contributed by atoms with Gasteiger partial charge in [0.15, 0.2) is 0 Å². The summed E-state index contributed by atoms with van der Waals surface area (Å²) < 4.78 is 0. The highest BCUT2D eigenvalue weighted by atomic mass is 16.1. The average Bonchev–Trinajstić information content (AvgIpc) is 2.70. The Morgan fingerprint density at radius 1 is 1.67 bits per heavy atom. The smallest absolute Gasteiger partial charge is 0.223 e. The fourth-order valence-corrected chi connectivity index (χ4v) is 1.32. The zero-order valence-electron chi connectivity index (χ0n) is 9.16. The zero-order chi connectivity index (χ0) is 11.3. The van der Waals surface area contributed by atoms with Crippen LogP contribution < -0.4 is 11.1 Å². The van der Waals surface area contributed by atoms with Crippen LogP contribution in [0.3, 0.4) is 0 Å². The van der Waals surface area contributed by atoms with Gasteiger partial charge in [-0.05, 0) is 19.9 Å². The molecule has 4 N–H and O–H groups in total. The lowest BCUT2D eigenvalue weighted by molar-refractivity contribution is -0.125. The Bertz CT molecular complexity index is 296. The Morgan fingerprint density at radius 2 is 2.40 bits per heavy atom. The van der Waals surface area contributed by atoms with Gasteiger partial charge in [-0.2, -0.15) is 0 Å². The highest BCUT2D eigenvalue weighted by Crippen LogP contribution is 2.08. The van der Waals surface area contributed by atoms with Gasteiger partial charge in [0.25, 0.3) is 0 Å². The largest absolute Gasteiger partial charge is 0.347 e. The summed E-state index contributed by atoms with van der Waals surface area (Å²) in [7, 11) is 0. The number of rotatable bonds is 5. The first kappa shape index (κ1) is 11.7. The summed E-state index contributed by atoms with van der Waals surface area (Å²) in [4.78, 5) is 18.7. The van der Waals surface area contributed by atoms with Crippen molar-refractivity contribution in [3.05, 3.63) is 18.2 Å². The number of aromatic nitrogens is 2. The molecule has 0 radical (unpaired) electrons. The third-order valence-electron chi connectivity index (χ3n) is 2.34. The molecule has 0 aliphatic carbocycles. The van der Waals surface area contributed by atoms with E-state index in [9.17, 15) is 4.79 Å². The highest BCUT2D eigenvalue weighted by Gasteiger charge is 2.16. The van der Waals surface area contributed by atoms with E-state index < -0.39 is 0 Å². The quantitative estimate of drug-likeness (QED) is 0.664. The third kappa shape index (κ3) is 3.36. The molecule has 0 saturated carbocycles. The monoisotopic (exact) mass is 210 g/mol. The molecule has 1 rings (SSSR count). The minimum Gasteiger partial charge on any atom is -0.347 e. The second-order valence-corrected chi connectivity index (χ2v) is 3.68. The topological polar surface area (TPSA) is 83.8 Å². The van der Waals surface area contributed by atoms with Gasteiger partial charge in [-0.3, -0.25) is 4.79 Å². The number of hydrogen-bond acceptors (Lipinski definition) is 3. The summed E-state index contributed by atoms with van der Waals surface area (Å²) in [5.74, 6) is 0.736. The normalized spacial score (nSPS) is 14.6. The van der Waals surface area contributed by atoms with Crippen LogP contribution in [0.1, 0.15) is 32.1 Å². The first-order valence-corrected chi connectivity index (χ1v) is 5.15. The maximum Gasteiger partial charge on any atom is 0.223 e. The molecule has 2 unspecified atom stereocenters. The molecule has 15 heavy (non-hydrogen) atoms. The minimum atomic E-state index is -0.0901. The summed E-state index contributed by atoms with van der Waals surface area (Å²) in [6.45, 7) is 4.30. The van der Waals surface area contributed by atoms with E-state index in [4.69, 9.17) is 5.73 Å². The van der Waals surface area contributed by atoms with Gasteiger partial charge in [-0.15, -0.1) is 0 Å². The van der Waals surface area contributed by atoms with Crippen LogP contribution in [-0.2, 0) is 4.79 Å². The van der Waals surface area contributed by atoms with Gasteiger partial charge < -0.3 is 16.0 Å². The van der Waals surface area contributed by atoms with Crippen molar-refractivity contribution < 1.29 is 4.79 Å². The number of aromatic amines is 1. The molecule has 2 atom stereocenters. The van der Waals surface area contributed by atoms with E-state index in [2.05, 4.69) is 15.3 Å². The zero-order valence-corrected chi connectivity index (χ0v) is 9.16. The van der Waals surface area contributed by atoms with Crippen LogP contribution in [0.4, 0.5) is 0 Å². The predicted molar refractivity (Wildman–Crippen MR) is 58.0 cm³/mol. The fourth-order valence-electron chi connectivity index (χ4n) is 1.32. The number of H-pyrrole nitrogens is 1. The van der Waals surface area contributed by atoms with Crippen molar-refractivity contribution in [2.75, 3.05) is 6.54 Å². The number of imidazole rings is 1. The van der Waals surface area contributed by atoms with Crippen molar-refractivity contribution in [1.29, 1.82) is 0 Å². The number of nitrogens with zero attached hydrogens (tertiary/aromatic N) is 1. The Hall–Kier alpha value is -1.36. The van der Waals surface area contributed by atoms with Crippen LogP contribution in [0.5, 0.6) is 0 Å². The Kier molecular flexibility index (Phi) is 4.30. The van der Waals surface area contributed by atoms with E-state index >= 15 is 0 Å². The Labute approximate surface area is 89.5 Å². The van der Waals surface area contributed by atoms with Crippen LogP contribution in [0.2, 0.25) is 0 Å². The van der Waals surface area contributed by atoms with Crippen LogP contribution in [-0.4, -0.2) is 22.4 Å². The molecular weight excluding hydrogens is 192 g/mol. The number of carbonyl (C=O) groups excluding carboxylic acids is 1. The van der Waals surface area contributed by atoms with Crippen molar-refractivity contribution in [2.24, 2.45) is 11.7 Å². The van der Waals surface area contributed by atoms with Gasteiger partial charge >= 0.3 is 0 Å². The molecule has 0 spiro atoms. The lowest BCUT2D eigenvalue weighted by Crippen LogP contribution is -2.32. The molecule has 84 valence electrons. The number of amides is 1. The van der Waals surface area contributed by atoms with Gasteiger partial charge in [0.05, 0.1) is 6.04 Å². The molecule has 0 aliphatic heterocycles. The molecule has 0 aromatic carbocycles. The first-order chi connectivity index (χ1) is 7.15. The molecule has 1 amide bonds. The standard InChI is InChI=1S/C10H18N4O/c1-7(3-4-11)10(15)14-8(2)9-12-5-6-13-9/h5-8H,3-4,11H2,1-2H3,(H,12,13)(H,14,15). The summed E-state index contributed by atoms with van der Waals surface area (Å²) in [6, 6.07) is -0.0901. The van der Waals surface area contributed by atoms with E-state index in [1.54, 1.807) is 12.4 Å². The lowest BCUT2D eigenvalue weighted by Gasteiger charge is -2.15. The lowest BCUT2D eigenvalue weighted by atomic mass is 10.1. The van der Waals surface area contributed by atoms with E-state index in [0.717, 1.165) is 5.82 Å². The van der Waals surface area contributed by atoms with Crippen molar-refractivity contribution in [2.45, 2.75) is 26.3 Å². The molecular formula is C10H18N4O. The van der Waals surface area contributed by atoms with E-state index in [0.29, 0.717) is 13.0 Å². The second-order valence-electron chi connectivity index (χ2n) is 3.68. The van der Waals surface area contributed by atoms with Crippen molar-refractivity contribution in [3.8, 4) is 0 Å². The van der Waals surface area contributed by atoms with E-state index in [-0.39, 0.29) is 17.9 Å². The molecule has 1 aromatic rings. The van der Waals surface area contributed by atoms with Crippen molar-refractivity contribution in [3.63, 3.8) is 0 Å². The molecule has 0 bridgehead atoms. The van der Waals surface area contributed by atoms with Gasteiger partial charge in [0.1, 0.15) is 5.82 Å². The first-order valence-electron chi connectivity index (χ1n) is 5.15. The fraction of sp³-hybridized carbons (Fsp3) is 0.600. The summed E-state index contributed by atoms with van der Waals surface area (Å²) in [6.07, 6.45) is 4.11. The molecule has 1 heterocycles. The molecule has 0 saturated heterocycles. The van der Waals surface area contributed by atoms with Gasteiger partial charge in [0, 0.05) is 18.3 Å². The van der Waals surface area contributed by atoms with Crippen LogP contribution in [0.15, 0.2) is 12.4 Å². The van der Waals surface area contributed by atoms with Gasteiger partial charge in [-0.1, -0.05) is 6.92 Å². The maximum atomic E-state index is 11.6. The van der Waals surface area contributed by atoms with Crippen molar-refractivity contribution >= 4 is 5.91 Å². The third-order valence-corrected chi connectivity index (χ3v) is 2.34. The number of carbonyl (C=O) groups is 1. The Morgan fingerprint density at radius 3 is 2.93 bits per heavy atom.